The number of benzene rings is 1. The number of aromatic amines is 1. The Morgan fingerprint density at radius 3 is 3.00 bits per heavy atom. The number of nitrogens with zero attached hydrogens (tertiary/aromatic N) is 4. The Morgan fingerprint density at radius 2 is 2.13 bits per heavy atom. The molecule has 2 unspecified atom stereocenters. The van der Waals surface area contributed by atoms with Crippen molar-refractivity contribution < 1.29 is 4.74 Å². The van der Waals surface area contributed by atoms with Crippen molar-refractivity contribution in [2.45, 2.75) is 18.8 Å². The molecule has 0 radical (unpaired) electrons. The second-order valence-electron chi connectivity index (χ2n) is 7.42. The van der Waals surface area contributed by atoms with E-state index in [0.717, 1.165) is 29.9 Å². The zero-order chi connectivity index (χ0) is 20.2. The number of pyridine rings is 1. The Balaban J connectivity index is 1.40. The van der Waals surface area contributed by atoms with Crippen molar-refractivity contribution >= 4 is 10.9 Å². The van der Waals surface area contributed by atoms with Crippen LogP contribution in [0.5, 0.6) is 0 Å². The van der Waals surface area contributed by atoms with Crippen molar-refractivity contribution in [2.75, 3.05) is 19.7 Å². The first-order valence-corrected chi connectivity index (χ1v) is 10.2. The number of rotatable bonds is 6. The molecule has 30 heavy (non-hydrogen) atoms. The summed E-state index contributed by atoms with van der Waals surface area (Å²) < 4.78 is 6.19. The summed E-state index contributed by atoms with van der Waals surface area (Å²) in [6.45, 7) is 2.98. The molecule has 1 aromatic carbocycles. The van der Waals surface area contributed by atoms with Crippen molar-refractivity contribution in [3.8, 4) is 0 Å². The lowest BCUT2D eigenvalue weighted by atomic mass is 10.0. The molecule has 0 amide bonds. The average molecular weight is 400 g/mol. The van der Waals surface area contributed by atoms with Gasteiger partial charge in [-0.2, -0.15) is 0 Å². The standard InChI is InChI=1S/C23H24N6O/c1-4-19(18-6-10-26-20(18)5-1)22-15-29(11-12-30-22)23(21-7-9-25-16-28-21)27-14-17-3-2-8-24-13-17/h1-10,13,16,22-23,26-27H,11-12,14-15H2. The summed E-state index contributed by atoms with van der Waals surface area (Å²) in [6.07, 6.45) is 9.02. The van der Waals surface area contributed by atoms with Gasteiger partial charge in [-0.1, -0.05) is 18.2 Å². The molecule has 3 aromatic heterocycles. The minimum atomic E-state index is -0.0370. The average Bonchev–Trinajstić information content (AvgIpc) is 3.30. The maximum atomic E-state index is 6.19. The van der Waals surface area contributed by atoms with E-state index in [1.165, 1.54) is 10.9 Å². The largest absolute Gasteiger partial charge is 0.371 e. The van der Waals surface area contributed by atoms with Crippen molar-refractivity contribution in [3.63, 3.8) is 0 Å². The van der Waals surface area contributed by atoms with Crippen molar-refractivity contribution in [2.24, 2.45) is 0 Å². The lowest BCUT2D eigenvalue weighted by molar-refractivity contribution is -0.0512. The van der Waals surface area contributed by atoms with Crippen LogP contribution < -0.4 is 5.32 Å². The van der Waals surface area contributed by atoms with Crippen LogP contribution in [0.4, 0.5) is 0 Å². The minimum Gasteiger partial charge on any atom is -0.371 e. The third-order valence-corrected chi connectivity index (χ3v) is 5.55. The number of aromatic nitrogens is 4. The second-order valence-corrected chi connectivity index (χ2v) is 7.42. The van der Waals surface area contributed by atoms with Gasteiger partial charge in [-0.05, 0) is 35.4 Å². The topological polar surface area (TPSA) is 79.0 Å². The molecule has 1 fully saturated rings. The number of fused-ring (bicyclic) bond motifs is 1. The van der Waals surface area contributed by atoms with Gasteiger partial charge in [0.15, 0.2) is 0 Å². The van der Waals surface area contributed by atoms with Gasteiger partial charge in [-0.3, -0.25) is 15.2 Å². The zero-order valence-corrected chi connectivity index (χ0v) is 16.6. The zero-order valence-electron chi connectivity index (χ0n) is 16.6. The molecular weight excluding hydrogens is 376 g/mol. The second kappa shape index (κ2) is 8.71. The number of morpholine rings is 1. The molecule has 4 aromatic rings. The smallest absolute Gasteiger partial charge is 0.115 e. The van der Waals surface area contributed by atoms with Gasteiger partial charge >= 0.3 is 0 Å². The highest BCUT2D eigenvalue weighted by Crippen LogP contribution is 2.31. The van der Waals surface area contributed by atoms with Crippen LogP contribution in [0.25, 0.3) is 10.9 Å². The van der Waals surface area contributed by atoms with Gasteiger partial charge in [0.2, 0.25) is 0 Å². The molecule has 4 heterocycles. The molecule has 0 saturated carbocycles. The highest BCUT2D eigenvalue weighted by atomic mass is 16.5. The monoisotopic (exact) mass is 400 g/mol. The summed E-state index contributed by atoms with van der Waals surface area (Å²) in [5.74, 6) is 0. The number of H-pyrrole nitrogens is 1. The van der Waals surface area contributed by atoms with Crippen LogP contribution >= 0.6 is 0 Å². The molecule has 0 bridgehead atoms. The van der Waals surface area contributed by atoms with Crippen molar-refractivity contribution in [1.82, 2.24) is 30.2 Å². The van der Waals surface area contributed by atoms with Gasteiger partial charge in [0.1, 0.15) is 12.5 Å². The summed E-state index contributed by atoms with van der Waals surface area (Å²) in [5, 5.41) is 4.87. The highest BCUT2D eigenvalue weighted by molar-refractivity contribution is 5.83. The van der Waals surface area contributed by atoms with Crippen molar-refractivity contribution in [1.29, 1.82) is 0 Å². The minimum absolute atomic E-state index is 0.00257. The van der Waals surface area contributed by atoms with E-state index < -0.39 is 0 Å². The Hall–Kier alpha value is -3.13. The van der Waals surface area contributed by atoms with E-state index in [9.17, 15) is 0 Å². The summed E-state index contributed by atoms with van der Waals surface area (Å²) >= 11 is 0. The molecule has 7 nitrogen and oxygen atoms in total. The van der Waals surface area contributed by atoms with E-state index in [0.29, 0.717) is 13.2 Å². The van der Waals surface area contributed by atoms with E-state index in [4.69, 9.17) is 4.74 Å². The molecule has 152 valence electrons. The van der Waals surface area contributed by atoms with Gasteiger partial charge in [-0.15, -0.1) is 0 Å². The fourth-order valence-corrected chi connectivity index (χ4v) is 4.08. The summed E-state index contributed by atoms with van der Waals surface area (Å²) in [4.78, 5) is 18.5. The maximum absolute atomic E-state index is 6.19. The summed E-state index contributed by atoms with van der Waals surface area (Å²) in [5.41, 5.74) is 4.44. The van der Waals surface area contributed by atoms with Gasteiger partial charge < -0.3 is 9.72 Å². The number of hydrogen-bond acceptors (Lipinski definition) is 6. The normalized spacial score (nSPS) is 18.5. The fourth-order valence-electron chi connectivity index (χ4n) is 4.08. The first kappa shape index (κ1) is 18.9. The van der Waals surface area contributed by atoms with Gasteiger partial charge in [0.05, 0.1) is 18.4 Å². The molecule has 1 aliphatic rings. The predicted molar refractivity (Wildman–Crippen MR) is 114 cm³/mol. The molecule has 7 heteroatoms. The molecule has 0 aliphatic carbocycles. The van der Waals surface area contributed by atoms with E-state index in [1.807, 2.05) is 24.5 Å². The first-order chi connectivity index (χ1) is 14.9. The fraction of sp³-hybridized carbons (Fsp3) is 0.261. The third-order valence-electron chi connectivity index (χ3n) is 5.55. The lowest BCUT2D eigenvalue weighted by Gasteiger charge is -2.38. The maximum Gasteiger partial charge on any atom is 0.115 e. The van der Waals surface area contributed by atoms with Gasteiger partial charge in [0, 0.05) is 55.3 Å². The number of ether oxygens (including phenoxy) is 1. The summed E-state index contributed by atoms with van der Waals surface area (Å²) in [6, 6.07) is 14.5. The van der Waals surface area contributed by atoms with E-state index in [2.05, 4.69) is 60.5 Å². The Morgan fingerprint density at radius 1 is 1.13 bits per heavy atom. The van der Waals surface area contributed by atoms with E-state index in [1.54, 1.807) is 18.7 Å². The number of nitrogens with one attached hydrogen (secondary N) is 2. The van der Waals surface area contributed by atoms with Gasteiger partial charge in [0.25, 0.3) is 0 Å². The molecule has 2 atom stereocenters. The van der Waals surface area contributed by atoms with E-state index in [-0.39, 0.29) is 12.3 Å². The van der Waals surface area contributed by atoms with Crippen LogP contribution in [0.1, 0.15) is 29.1 Å². The molecule has 2 N–H and O–H groups in total. The van der Waals surface area contributed by atoms with Crippen molar-refractivity contribution in [3.05, 3.63) is 90.4 Å². The predicted octanol–water partition coefficient (Wildman–Crippen LogP) is 3.21. The molecular formula is C23H24N6O. The highest BCUT2D eigenvalue weighted by Gasteiger charge is 2.29. The van der Waals surface area contributed by atoms with Crippen LogP contribution in [0.3, 0.4) is 0 Å². The Kier molecular flexibility index (Phi) is 5.48. The van der Waals surface area contributed by atoms with Crippen LogP contribution in [-0.4, -0.2) is 44.5 Å². The quantitative estimate of drug-likeness (QED) is 0.517. The van der Waals surface area contributed by atoms with Crippen LogP contribution in [0, 0.1) is 0 Å². The molecule has 1 saturated heterocycles. The Bertz CT molecular complexity index is 1080. The molecule has 1 aliphatic heterocycles. The van der Waals surface area contributed by atoms with E-state index >= 15 is 0 Å². The lowest BCUT2D eigenvalue weighted by Crippen LogP contribution is -2.46. The number of hydrogen-bond donors (Lipinski definition) is 2. The summed E-state index contributed by atoms with van der Waals surface area (Å²) in [7, 11) is 0. The Labute approximate surface area is 175 Å². The van der Waals surface area contributed by atoms with Crippen LogP contribution in [0.2, 0.25) is 0 Å². The molecule has 0 spiro atoms. The van der Waals surface area contributed by atoms with Gasteiger partial charge in [-0.25, -0.2) is 9.97 Å². The first-order valence-electron chi connectivity index (χ1n) is 10.2. The van der Waals surface area contributed by atoms with Crippen LogP contribution in [-0.2, 0) is 11.3 Å². The SMILES string of the molecule is c1cncc(CNC(c2ccncn2)N2CCOC(c3cccc4[nH]ccc34)C2)c1. The van der Waals surface area contributed by atoms with Crippen LogP contribution in [0.15, 0.2) is 73.6 Å². The third kappa shape index (κ3) is 3.95. The molecule has 5 rings (SSSR count).